The summed E-state index contributed by atoms with van der Waals surface area (Å²) in [7, 11) is 0. The number of carbonyl (C=O) groups excluding carboxylic acids is 2. The molecule has 27 heavy (non-hydrogen) atoms. The van der Waals surface area contributed by atoms with Gasteiger partial charge in [-0.1, -0.05) is 13.8 Å². The lowest BCUT2D eigenvalue weighted by atomic mass is 10.0. The second kappa shape index (κ2) is 8.86. The minimum absolute atomic E-state index is 0.0238. The number of nitrogens with one attached hydrogen (secondary N) is 1. The van der Waals surface area contributed by atoms with Crippen molar-refractivity contribution in [2.45, 2.75) is 26.3 Å². The maximum atomic E-state index is 12.9. The smallest absolute Gasteiger partial charge is 0.251 e. The Balaban J connectivity index is 1.68. The van der Waals surface area contributed by atoms with Crippen molar-refractivity contribution in [2.75, 3.05) is 26.3 Å². The molecule has 6 heteroatoms. The summed E-state index contributed by atoms with van der Waals surface area (Å²) in [5.74, 6) is 0.0574. The minimum atomic E-state index is -0.514. The molecule has 2 aromatic rings. The molecule has 1 atom stereocenters. The van der Waals surface area contributed by atoms with E-state index in [9.17, 15) is 9.59 Å². The molecule has 1 aliphatic heterocycles. The minimum Gasteiger partial charge on any atom is -0.378 e. The number of hydrogen-bond donors (Lipinski definition) is 1. The topological polar surface area (TPSA) is 63.6 Å². The lowest BCUT2D eigenvalue weighted by Gasteiger charge is -2.31. The highest BCUT2D eigenvalue weighted by molar-refractivity contribution is 5.97. The molecular formula is C21H27N3O3. The second-order valence-electron chi connectivity index (χ2n) is 7.23. The molecule has 0 aliphatic carbocycles. The van der Waals surface area contributed by atoms with E-state index >= 15 is 0 Å². The van der Waals surface area contributed by atoms with E-state index in [1.54, 1.807) is 17.0 Å². The summed E-state index contributed by atoms with van der Waals surface area (Å²) in [5, 5.41) is 2.94. The molecule has 1 N–H and O–H groups in total. The Morgan fingerprint density at radius 3 is 2.30 bits per heavy atom. The van der Waals surface area contributed by atoms with E-state index in [1.165, 1.54) is 0 Å². The maximum absolute atomic E-state index is 12.9. The molecule has 1 aliphatic rings. The molecule has 2 amide bonds. The number of benzene rings is 1. The molecule has 0 unspecified atom stereocenters. The maximum Gasteiger partial charge on any atom is 0.251 e. The number of morpholine rings is 1. The van der Waals surface area contributed by atoms with Gasteiger partial charge in [0.05, 0.1) is 13.2 Å². The lowest BCUT2D eigenvalue weighted by molar-refractivity contribution is -0.137. The third-order valence-electron chi connectivity index (χ3n) is 4.67. The molecule has 1 aromatic carbocycles. The number of nitrogens with zero attached hydrogens (tertiary/aromatic N) is 2. The fourth-order valence-corrected chi connectivity index (χ4v) is 3.23. The number of aromatic nitrogens is 1. The Kier molecular flexibility index (Phi) is 6.29. The summed E-state index contributed by atoms with van der Waals surface area (Å²) < 4.78 is 7.30. The Morgan fingerprint density at radius 2 is 1.70 bits per heavy atom. The summed E-state index contributed by atoms with van der Waals surface area (Å²) in [6, 6.07) is 10.8. The number of amides is 2. The van der Waals surface area contributed by atoms with E-state index in [1.807, 2.05) is 41.2 Å². The van der Waals surface area contributed by atoms with Gasteiger partial charge in [-0.15, -0.1) is 0 Å². The summed E-state index contributed by atoms with van der Waals surface area (Å²) in [5.41, 5.74) is 1.54. The van der Waals surface area contributed by atoms with Crippen LogP contribution in [0.1, 0.15) is 30.6 Å². The fourth-order valence-electron chi connectivity index (χ4n) is 3.23. The standard InChI is InChI=1S/C21H27N3O3/c1-16(2)15-19(21(26)24-11-13-27-14-12-24)22-20(25)17-5-7-18(8-6-17)23-9-3-4-10-23/h3-10,16,19H,11-15H2,1-2H3,(H,22,25)/t19-/m0/s1. The average Bonchev–Trinajstić information content (AvgIpc) is 3.22. The fraction of sp³-hybridized carbons (Fsp3) is 0.429. The molecule has 1 aromatic heterocycles. The normalized spacial score (nSPS) is 15.6. The first-order chi connectivity index (χ1) is 13.0. The van der Waals surface area contributed by atoms with E-state index in [2.05, 4.69) is 19.2 Å². The van der Waals surface area contributed by atoms with Crippen molar-refractivity contribution >= 4 is 11.8 Å². The first kappa shape index (κ1) is 19.2. The van der Waals surface area contributed by atoms with Gasteiger partial charge in [0.15, 0.2) is 0 Å². The highest BCUT2D eigenvalue weighted by Gasteiger charge is 2.28. The molecule has 0 radical (unpaired) electrons. The molecule has 3 rings (SSSR count). The van der Waals surface area contributed by atoms with Crippen LogP contribution in [0.5, 0.6) is 0 Å². The van der Waals surface area contributed by atoms with Crippen LogP contribution in [-0.4, -0.2) is 53.6 Å². The van der Waals surface area contributed by atoms with Gasteiger partial charge in [-0.25, -0.2) is 0 Å². The Hall–Kier alpha value is -2.60. The average molecular weight is 369 g/mol. The number of hydrogen-bond acceptors (Lipinski definition) is 3. The van der Waals surface area contributed by atoms with Gasteiger partial charge in [-0.05, 0) is 48.7 Å². The molecular weight excluding hydrogens is 342 g/mol. The summed E-state index contributed by atoms with van der Waals surface area (Å²) in [6.45, 7) is 6.36. The molecule has 0 spiro atoms. The SMILES string of the molecule is CC(C)C[C@H](NC(=O)c1ccc(-n2cccc2)cc1)C(=O)N1CCOCC1. The predicted octanol–water partition coefficient (Wildman–Crippen LogP) is 2.48. The van der Waals surface area contributed by atoms with Crippen molar-refractivity contribution in [3.8, 4) is 5.69 Å². The van der Waals surface area contributed by atoms with Crippen molar-refractivity contribution in [3.63, 3.8) is 0 Å². The van der Waals surface area contributed by atoms with Gasteiger partial charge in [-0.3, -0.25) is 9.59 Å². The first-order valence-electron chi connectivity index (χ1n) is 9.45. The van der Waals surface area contributed by atoms with Crippen molar-refractivity contribution in [1.82, 2.24) is 14.8 Å². The van der Waals surface area contributed by atoms with Crippen molar-refractivity contribution in [3.05, 3.63) is 54.4 Å². The van der Waals surface area contributed by atoms with Crippen LogP contribution >= 0.6 is 0 Å². The molecule has 2 heterocycles. The number of ether oxygens (including phenoxy) is 1. The van der Waals surface area contributed by atoms with E-state index in [0.717, 1.165) is 5.69 Å². The van der Waals surface area contributed by atoms with Crippen molar-refractivity contribution < 1.29 is 14.3 Å². The van der Waals surface area contributed by atoms with E-state index < -0.39 is 6.04 Å². The number of rotatable bonds is 6. The van der Waals surface area contributed by atoms with E-state index in [-0.39, 0.29) is 11.8 Å². The van der Waals surface area contributed by atoms with Crippen LogP contribution in [0.2, 0.25) is 0 Å². The summed E-state index contributed by atoms with van der Waals surface area (Å²) in [6.07, 6.45) is 4.52. The van der Waals surface area contributed by atoms with Crippen LogP contribution in [0, 0.1) is 5.92 Å². The predicted molar refractivity (Wildman–Crippen MR) is 104 cm³/mol. The first-order valence-corrected chi connectivity index (χ1v) is 9.45. The van der Waals surface area contributed by atoms with Crippen molar-refractivity contribution in [1.29, 1.82) is 0 Å². The van der Waals surface area contributed by atoms with Crippen LogP contribution in [0.25, 0.3) is 5.69 Å². The zero-order valence-corrected chi connectivity index (χ0v) is 15.9. The van der Waals surface area contributed by atoms with Gasteiger partial charge in [0.1, 0.15) is 6.04 Å². The number of carbonyl (C=O) groups is 2. The third-order valence-corrected chi connectivity index (χ3v) is 4.67. The van der Waals surface area contributed by atoms with E-state index in [4.69, 9.17) is 4.74 Å². The zero-order valence-electron chi connectivity index (χ0n) is 15.9. The van der Waals surface area contributed by atoms with E-state index in [0.29, 0.717) is 44.2 Å². The van der Waals surface area contributed by atoms with Crippen LogP contribution in [-0.2, 0) is 9.53 Å². The summed E-state index contributed by atoms with van der Waals surface area (Å²) in [4.78, 5) is 27.4. The lowest BCUT2D eigenvalue weighted by Crippen LogP contribution is -2.52. The highest BCUT2D eigenvalue weighted by atomic mass is 16.5. The molecule has 0 saturated carbocycles. The molecule has 6 nitrogen and oxygen atoms in total. The third kappa shape index (κ3) is 4.98. The van der Waals surface area contributed by atoms with Gasteiger partial charge in [0, 0.05) is 36.7 Å². The quantitative estimate of drug-likeness (QED) is 0.851. The summed E-state index contributed by atoms with van der Waals surface area (Å²) >= 11 is 0. The van der Waals surface area contributed by atoms with Gasteiger partial charge in [0.25, 0.3) is 5.91 Å². The highest BCUT2D eigenvalue weighted by Crippen LogP contribution is 2.13. The van der Waals surface area contributed by atoms with Crippen LogP contribution in [0.15, 0.2) is 48.8 Å². The molecule has 1 saturated heterocycles. The van der Waals surface area contributed by atoms with Crippen LogP contribution in [0.3, 0.4) is 0 Å². The van der Waals surface area contributed by atoms with Crippen molar-refractivity contribution in [2.24, 2.45) is 5.92 Å². The molecule has 1 fully saturated rings. The van der Waals surface area contributed by atoms with Gasteiger partial charge in [0.2, 0.25) is 5.91 Å². The van der Waals surface area contributed by atoms with Gasteiger partial charge < -0.3 is 19.5 Å². The second-order valence-corrected chi connectivity index (χ2v) is 7.23. The van der Waals surface area contributed by atoms with Crippen LogP contribution < -0.4 is 5.32 Å². The van der Waals surface area contributed by atoms with Gasteiger partial charge in [-0.2, -0.15) is 0 Å². The largest absolute Gasteiger partial charge is 0.378 e. The zero-order chi connectivity index (χ0) is 19.2. The Bertz CT molecular complexity index is 747. The molecule has 0 bridgehead atoms. The van der Waals surface area contributed by atoms with Gasteiger partial charge >= 0.3 is 0 Å². The monoisotopic (exact) mass is 369 g/mol. The molecule has 144 valence electrons. The Labute approximate surface area is 160 Å². The Morgan fingerprint density at radius 1 is 1.07 bits per heavy atom. The van der Waals surface area contributed by atoms with Crippen LogP contribution in [0.4, 0.5) is 0 Å².